The number of nitrogens with zero attached hydrogens (tertiary/aromatic N) is 1. The van der Waals surface area contributed by atoms with E-state index < -0.39 is 15.8 Å². The molecule has 1 fully saturated rings. The first-order chi connectivity index (χ1) is 13.3. The molecule has 0 aromatic heterocycles. The van der Waals surface area contributed by atoms with E-state index >= 15 is 0 Å². The third-order valence-electron chi connectivity index (χ3n) is 5.46. The SMILES string of the molecule is NS(=O)(=O)N1CCC2(CC1)CC(=O)c1cc(-c3ccc(C=O)cc3)ccc1O2. The van der Waals surface area contributed by atoms with Gasteiger partial charge >= 0.3 is 0 Å². The van der Waals surface area contributed by atoms with Gasteiger partial charge < -0.3 is 4.74 Å². The van der Waals surface area contributed by atoms with Crippen molar-refractivity contribution >= 4 is 22.3 Å². The lowest BCUT2D eigenvalue weighted by Crippen LogP contribution is -2.53. The van der Waals surface area contributed by atoms with E-state index in [-0.39, 0.29) is 25.3 Å². The van der Waals surface area contributed by atoms with Gasteiger partial charge in [0.05, 0.1) is 12.0 Å². The lowest BCUT2D eigenvalue weighted by molar-refractivity contribution is 0.00594. The third kappa shape index (κ3) is 3.46. The number of Topliss-reactive ketones (excluding diaryl/α,β-unsaturated/α-hetero) is 1. The summed E-state index contributed by atoms with van der Waals surface area (Å²) in [6, 6.07) is 12.6. The molecule has 0 radical (unpaired) electrons. The van der Waals surface area contributed by atoms with Gasteiger partial charge in [0.25, 0.3) is 10.2 Å². The van der Waals surface area contributed by atoms with Gasteiger partial charge in [0.15, 0.2) is 5.78 Å². The van der Waals surface area contributed by atoms with Crippen LogP contribution in [0.1, 0.15) is 40.0 Å². The largest absolute Gasteiger partial charge is 0.486 e. The summed E-state index contributed by atoms with van der Waals surface area (Å²) in [5, 5.41) is 5.19. The summed E-state index contributed by atoms with van der Waals surface area (Å²) in [4.78, 5) is 23.6. The van der Waals surface area contributed by atoms with Crippen LogP contribution in [-0.4, -0.2) is 43.5 Å². The number of ketones is 1. The minimum Gasteiger partial charge on any atom is -0.486 e. The number of aldehydes is 1. The van der Waals surface area contributed by atoms with Crippen molar-refractivity contribution in [1.29, 1.82) is 0 Å². The molecule has 7 nitrogen and oxygen atoms in total. The van der Waals surface area contributed by atoms with E-state index in [0.717, 1.165) is 17.4 Å². The maximum atomic E-state index is 12.8. The lowest BCUT2D eigenvalue weighted by atomic mass is 9.82. The molecule has 2 heterocycles. The summed E-state index contributed by atoms with van der Waals surface area (Å²) in [5.41, 5.74) is 2.21. The molecule has 0 unspecified atom stereocenters. The van der Waals surface area contributed by atoms with E-state index in [9.17, 15) is 18.0 Å². The summed E-state index contributed by atoms with van der Waals surface area (Å²) in [6.45, 7) is 0.477. The molecule has 8 heteroatoms. The van der Waals surface area contributed by atoms with Crippen molar-refractivity contribution in [3.8, 4) is 16.9 Å². The normalized spacial score (nSPS) is 19.1. The highest BCUT2D eigenvalue weighted by molar-refractivity contribution is 7.86. The van der Waals surface area contributed by atoms with Crippen LogP contribution in [0.25, 0.3) is 11.1 Å². The maximum Gasteiger partial charge on any atom is 0.276 e. The van der Waals surface area contributed by atoms with Crippen LogP contribution in [0.5, 0.6) is 5.75 Å². The smallest absolute Gasteiger partial charge is 0.276 e. The molecule has 0 saturated carbocycles. The first-order valence-corrected chi connectivity index (χ1v) is 10.5. The van der Waals surface area contributed by atoms with Gasteiger partial charge in [0.1, 0.15) is 17.6 Å². The Hall–Kier alpha value is -2.55. The van der Waals surface area contributed by atoms with Gasteiger partial charge in [-0.15, -0.1) is 0 Å². The molecule has 1 spiro atoms. The second-order valence-electron chi connectivity index (χ2n) is 7.28. The van der Waals surface area contributed by atoms with Gasteiger partial charge in [-0.05, 0) is 23.3 Å². The molecule has 2 aromatic rings. The van der Waals surface area contributed by atoms with E-state index in [1.807, 2.05) is 18.2 Å². The Morgan fingerprint density at radius 2 is 1.68 bits per heavy atom. The monoisotopic (exact) mass is 400 g/mol. The minimum absolute atomic E-state index is 0.0170. The molecule has 0 atom stereocenters. The first-order valence-electron chi connectivity index (χ1n) is 8.99. The molecule has 2 aliphatic rings. The number of piperidine rings is 1. The Morgan fingerprint density at radius 3 is 2.29 bits per heavy atom. The first kappa shape index (κ1) is 18.8. The van der Waals surface area contributed by atoms with Crippen molar-refractivity contribution in [1.82, 2.24) is 4.31 Å². The molecular formula is C20H20N2O5S. The number of carbonyl (C=O) groups is 2. The molecule has 0 amide bonds. The van der Waals surface area contributed by atoms with E-state index in [1.165, 1.54) is 4.31 Å². The highest BCUT2D eigenvalue weighted by Crippen LogP contribution is 2.41. The van der Waals surface area contributed by atoms with Gasteiger partial charge in [-0.2, -0.15) is 12.7 Å². The predicted octanol–water partition coefficient (Wildman–Crippen LogP) is 2.17. The van der Waals surface area contributed by atoms with Crippen molar-refractivity contribution < 1.29 is 22.7 Å². The summed E-state index contributed by atoms with van der Waals surface area (Å²) < 4.78 is 30.4. The number of hydrogen-bond donors (Lipinski definition) is 1. The summed E-state index contributed by atoms with van der Waals surface area (Å²) in [5.74, 6) is 0.505. The molecule has 0 aliphatic carbocycles. The quantitative estimate of drug-likeness (QED) is 0.795. The van der Waals surface area contributed by atoms with Crippen molar-refractivity contribution in [3.63, 3.8) is 0 Å². The Morgan fingerprint density at radius 1 is 1.04 bits per heavy atom. The minimum atomic E-state index is -3.73. The summed E-state index contributed by atoms with van der Waals surface area (Å²) in [7, 11) is -3.73. The zero-order valence-electron chi connectivity index (χ0n) is 15.1. The maximum absolute atomic E-state index is 12.8. The van der Waals surface area contributed by atoms with Crippen molar-refractivity contribution in [3.05, 3.63) is 53.6 Å². The van der Waals surface area contributed by atoms with Crippen molar-refractivity contribution in [2.75, 3.05) is 13.1 Å². The third-order valence-corrected chi connectivity index (χ3v) is 6.55. The van der Waals surface area contributed by atoms with Gasteiger partial charge in [0, 0.05) is 31.5 Å². The van der Waals surface area contributed by atoms with E-state index in [0.29, 0.717) is 29.7 Å². The number of carbonyl (C=O) groups excluding carboxylic acids is 2. The van der Waals surface area contributed by atoms with Crippen molar-refractivity contribution in [2.24, 2.45) is 5.14 Å². The second kappa shape index (κ2) is 6.80. The highest BCUT2D eigenvalue weighted by atomic mass is 32.2. The molecule has 28 heavy (non-hydrogen) atoms. The Kier molecular flexibility index (Phi) is 4.57. The Bertz CT molecular complexity index is 1040. The molecule has 4 rings (SSSR count). The van der Waals surface area contributed by atoms with Crippen LogP contribution >= 0.6 is 0 Å². The second-order valence-corrected chi connectivity index (χ2v) is 8.83. The average Bonchev–Trinajstić information content (AvgIpc) is 2.67. The molecule has 2 aromatic carbocycles. The average molecular weight is 400 g/mol. The van der Waals surface area contributed by atoms with Crippen LogP contribution in [0.3, 0.4) is 0 Å². The van der Waals surface area contributed by atoms with Gasteiger partial charge in [-0.25, -0.2) is 5.14 Å². The van der Waals surface area contributed by atoms with Crippen molar-refractivity contribution in [2.45, 2.75) is 24.9 Å². The number of fused-ring (bicyclic) bond motifs is 1. The summed E-state index contributed by atoms with van der Waals surface area (Å²) in [6.07, 6.45) is 1.84. The fourth-order valence-corrected chi connectivity index (χ4v) is 4.55. The fourth-order valence-electron chi connectivity index (χ4n) is 3.85. The molecule has 146 valence electrons. The van der Waals surface area contributed by atoms with Crippen LogP contribution in [-0.2, 0) is 10.2 Å². The molecule has 2 aliphatic heterocycles. The van der Waals surface area contributed by atoms with E-state index in [2.05, 4.69) is 0 Å². The van der Waals surface area contributed by atoms with Gasteiger partial charge in [-0.1, -0.05) is 30.3 Å². The topological polar surface area (TPSA) is 107 Å². The van der Waals surface area contributed by atoms with Gasteiger partial charge in [-0.3, -0.25) is 9.59 Å². The van der Waals surface area contributed by atoms with Crippen LogP contribution in [0.15, 0.2) is 42.5 Å². The van der Waals surface area contributed by atoms with Crippen LogP contribution in [0.2, 0.25) is 0 Å². The highest BCUT2D eigenvalue weighted by Gasteiger charge is 2.44. The number of ether oxygens (including phenoxy) is 1. The summed E-state index contributed by atoms with van der Waals surface area (Å²) >= 11 is 0. The molecule has 0 bridgehead atoms. The number of rotatable bonds is 3. The fraction of sp³-hybridized carbons (Fsp3) is 0.300. The van der Waals surface area contributed by atoms with Crippen LogP contribution < -0.4 is 9.88 Å². The van der Waals surface area contributed by atoms with E-state index in [1.54, 1.807) is 24.3 Å². The molecular weight excluding hydrogens is 380 g/mol. The van der Waals surface area contributed by atoms with Gasteiger partial charge in [0.2, 0.25) is 0 Å². The standard InChI is InChI=1S/C20H20N2O5S/c21-28(25,26)22-9-7-20(8-10-22)12-18(24)17-11-16(5-6-19(17)27-20)15-3-1-14(13-23)2-4-15/h1-6,11,13H,7-10,12H2,(H2,21,25,26). The van der Waals surface area contributed by atoms with E-state index in [4.69, 9.17) is 9.88 Å². The number of nitrogens with two attached hydrogens (primary N) is 1. The predicted molar refractivity (Wildman–Crippen MR) is 103 cm³/mol. The Balaban J connectivity index is 1.58. The zero-order valence-corrected chi connectivity index (χ0v) is 15.9. The van der Waals surface area contributed by atoms with Crippen LogP contribution in [0, 0.1) is 0 Å². The molecule has 2 N–H and O–H groups in total. The number of benzene rings is 2. The van der Waals surface area contributed by atoms with Crippen LogP contribution in [0.4, 0.5) is 0 Å². The molecule has 1 saturated heterocycles. The lowest BCUT2D eigenvalue weighted by Gasteiger charge is -2.43. The zero-order chi connectivity index (χ0) is 19.9. The number of hydrogen-bond acceptors (Lipinski definition) is 5. The Labute approximate surface area is 163 Å².